The Kier molecular flexibility index (Phi) is 6.59. The number of nitrogens with zero attached hydrogens (tertiary/aromatic N) is 5. The highest BCUT2D eigenvalue weighted by atomic mass is 16.6. The molecular weight excluding hydrogens is 350 g/mol. The molecular formula is C18H29N5O4. The summed E-state index contributed by atoms with van der Waals surface area (Å²) in [6, 6.07) is 0. The highest BCUT2D eigenvalue weighted by Gasteiger charge is 2.44. The van der Waals surface area contributed by atoms with E-state index < -0.39 is 24.5 Å². The Balaban J connectivity index is 1.94. The average Bonchev–Trinajstić information content (AvgIpc) is 3.23. The molecule has 1 fully saturated rings. The molecule has 3 N–H and O–H groups in total. The minimum absolute atomic E-state index is 0.372. The molecule has 150 valence electrons. The van der Waals surface area contributed by atoms with E-state index in [1.54, 1.807) is 10.9 Å². The van der Waals surface area contributed by atoms with Crippen LogP contribution in [0.25, 0.3) is 11.2 Å². The number of hydrogen-bond donors (Lipinski definition) is 3. The van der Waals surface area contributed by atoms with E-state index in [4.69, 9.17) is 4.74 Å². The topological polar surface area (TPSA) is 117 Å². The fraction of sp³-hybridized carbons (Fsp3) is 0.722. The SMILES string of the molecule is CCCCN(CCCC)c1ncnc2c1ncn2[C@@H]1O[C@H](CO)[C@@H](O)[C@H]1O. The molecule has 1 saturated heterocycles. The molecule has 1 aliphatic rings. The molecule has 2 aromatic heterocycles. The van der Waals surface area contributed by atoms with Crippen LogP contribution in [-0.2, 0) is 4.74 Å². The zero-order valence-corrected chi connectivity index (χ0v) is 15.9. The lowest BCUT2D eigenvalue weighted by Crippen LogP contribution is -2.33. The first kappa shape index (κ1) is 19.9. The third-order valence-electron chi connectivity index (χ3n) is 4.99. The summed E-state index contributed by atoms with van der Waals surface area (Å²) in [6.07, 6.45) is 3.30. The maximum absolute atomic E-state index is 10.3. The van der Waals surface area contributed by atoms with Gasteiger partial charge in [-0.1, -0.05) is 26.7 Å². The molecule has 0 unspecified atom stereocenters. The zero-order valence-electron chi connectivity index (χ0n) is 15.9. The van der Waals surface area contributed by atoms with Gasteiger partial charge in [0.05, 0.1) is 12.9 Å². The van der Waals surface area contributed by atoms with Crippen molar-refractivity contribution in [2.45, 2.75) is 64.1 Å². The summed E-state index contributed by atoms with van der Waals surface area (Å²) in [5.74, 6) is 0.771. The number of unbranched alkanes of at least 4 members (excludes halogenated alkanes) is 2. The van der Waals surface area contributed by atoms with Crippen LogP contribution in [0, 0.1) is 0 Å². The average molecular weight is 379 g/mol. The summed E-state index contributed by atoms with van der Waals surface area (Å²) in [4.78, 5) is 15.5. The summed E-state index contributed by atoms with van der Waals surface area (Å²) in [5.41, 5.74) is 1.18. The number of imidazole rings is 1. The Bertz CT molecular complexity index is 732. The van der Waals surface area contributed by atoms with Crippen LogP contribution < -0.4 is 4.90 Å². The second kappa shape index (κ2) is 8.92. The maximum atomic E-state index is 10.3. The summed E-state index contributed by atoms with van der Waals surface area (Å²) in [7, 11) is 0. The van der Waals surface area contributed by atoms with Gasteiger partial charge in [0.15, 0.2) is 23.2 Å². The first-order valence-electron chi connectivity index (χ1n) is 9.67. The molecule has 0 radical (unpaired) electrons. The van der Waals surface area contributed by atoms with Gasteiger partial charge in [-0.05, 0) is 12.8 Å². The van der Waals surface area contributed by atoms with Crippen LogP contribution in [0.4, 0.5) is 5.82 Å². The van der Waals surface area contributed by atoms with Crippen molar-refractivity contribution in [2.24, 2.45) is 0 Å². The van der Waals surface area contributed by atoms with E-state index in [1.165, 1.54) is 6.33 Å². The van der Waals surface area contributed by atoms with E-state index >= 15 is 0 Å². The van der Waals surface area contributed by atoms with Crippen LogP contribution in [0.1, 0.15) is 45.8 Å². The molecule has 4 atom stereocenters. The van der Waals surface area contributed by atoms with E-state index in [9.17, 15) is 15.3 Å². The van der Waals surface area contributed by atoms with E-state index in [-0.39, 0.29) is 6.61 Å². The minimum atomic E-state index is -1.17. The van der Waals surface area contributed by atoms with Gasteiger partial charge in [0, 0.05) is 13.1 Å². The summed E-state index contributed by atoms with van der Waals surface area (Å²) < 4.78 is 7.22. The van der Waals surface area contributed by atoms with Crippen LogP contribution in [0.2, 0.25) is 0 Å². The van der Waals surface area contributed by atoms with Gasteiger partial charge in [0.25, 0.3) is 0 Å². The van der Waals surface area contributed by atoms with E-state index in [2.05, 4.69) is 33.7 Å². The molecule has 1 aliphatic heterocycles. The molecule has 0 saturated carbocycles. The molecule has 3 heterocycles. The molecule has 3 rings (SSSR count). The molecule has 0 spiro atoms. The lowest BCUT2D eigenvalue weighted by molar-refractivity contribution is -0.0511. The Morgan fingerprint density at radius 2 is 1.78 bits per heavy atom. The van der Waals surface area contributed by atoms with Crippen LogP contribution in [0.3, 0.4) is 0 Å². The monoisotopic (exact) mass is 379 g/mol. The fourth-order valence-electron chi connectivity index (χ4n) is 3.39. The number of aliphatic hydroxyl groups is 3. The minimum Gasteiger partial charge on any atom is -0.394 e. The molecule has 27 heavy (non-hydrogen) atoms. The standard InChI is InChI=1S/C18H29N5O4/c1-3-5-7-22(8-6-4-2)16-13-17(20-10-19-16)23(11-21-13)18-15(26)14(25)12(9-24)27-18/h10-12,14-15,18,24-26H,3-9H2,1-2H3/t12-,14-,15-,18-/m1/s1. The van der Waals surface area contributed by atoms with Crippen molar-refractivity contribution in [1.82, 2.24) is 19.5 Å². The lowest BCUT2D eigenvalue weighted by Gasteiger charge is -2.23. The lowest BCUT2D eigenvalue weighted by atomic mass is 10.1. The van der Waals surface area contributed by atoms with Gasteiger partial charge in [-0.25, -0.2) is 15.0 Å². The van der Waals surface area contributed by atoms with Crippen LogP contribution >= 0.6 is 0 Å². The molecule has 0 amide bonds. The smallest absolute Gasteiger partial charge is 0.167 e. The first-order valence-corrected chi connectivity index (χ1v) is 9.67. The highest BCUT2D eigenvalue weighted by molar-refractivity contribution is 5.83. The second-order valence-corrected chi connectivity index (χ2v) is 6.94. The third-order valence-corrected chi connectivity index (χ3v) is 4.99. The van der Waals surface area contributed by atoms with Crippen molar-refractivity contribution in [3.63, 3.8) is 0 Å². The molecule has 0 aromatic carbocycles. The van der Waals surface area contributed by atoms with Crippen LogP contribution in [0.5, 0.6) is 0 Å². The second-order valence-electron chi connectivity index (χ2n) is 6.94. The van der Waals surface area contributed by atoms with E-state index in [0.29, 0.717) is 11.2 Å². The summed E-state index contributed by atoms with van der Waals surface area (Å²) >= 11 is 0. The van der Waals surface area contributed by atoms with Crippen LogP contribution in [0.15, 0.2) is 12.7 Å². The van der Waals surface area contributed by atoms with Gasteiger partial charge in [-0.2, -0.15) is 0 Å². The van der Waals surface area contributed by atoms with Crippen molar-refractivity contribution < 1.29 is 20.1 Å². The number of aromatic nitrogens is 4. The predicted octanol–water partition coefficient (Wildman–Crippen LogP) is 0.844. The van der Waals surface area contributed by atoms with Gasteiger partial charge in [0.2, 0.25) is 0 Å². The van der Waals surface area contributed by atoms with Gasteiger partial charge < -0.3 is 25.0 Å². The van der Waals surface area contributed by atoms with Crippen molar-refractivity contribution in [3.8, 4) is 0 Å². The Hall–Kier alpha value is -1.81. The first-order chi connectivity index (χ1) is 13.1. The predicted molar refractivity (Wildman–Crippen MR) is 100 cm³/mol. The largest absolute Gasteiger partial charge is 0.394 e. The van der Waals surface area contributed by atoms with Crippen molar-refractivity contribution in [2.75, 3.05) is 24.6 Å². The van der Waals surface area contributed by atoms with E-state index in [0.717, 1.165) is 44.6 Å². The van der Waals surface area contributed by atoms with Gasteiger partial charge in [-0.3, -0.25) is 4.57 Å². The maximum Gasteiger partial charge on any atom is 0.167 e. The van der Waals surface area contributed by atoms with Crippen LogP contribution in [-0.4, -0.2) is 72.8 Å². The number of hydrogen-bond acceptors (Lipinski definition) is 8. The molecule has 2 aromatic rings. The van der Waals surface area contributed by atoms with Crippen molar-refractivity contribution >= 4 is 17.0 Å². The fourth-order valence-corrected chi connectivity index (χ4v) is 3.39. The number of aliphatic hydroxyl groups excluding tert-OH is 3. The van der Waals surface area contributed by atoms with Gasteiger partial charge >= 0.3 is 0 Å². The highest BCUT2D eigenvalue weighted by Crippen LogP contribution is 2.32. The number of fused-ring (bicyclic) bond motifs is 1. The quantitative estimate of drug-likeness (QED) is 0.587. The molecule has 9 nitrogen and oxygen atoms in total. The van der Waals surface area contributed by atoms with E-state index in [1.807, 2.05) is 0 Å². The van der Waals surface area contributed by atoms with Gasteiger partial charge in [-0.15, -0.1) is 0 Å². The zero-order chi connectivity index (χ0) is 19.4. The Morgan fingerprint density at radius 1 is 1.07 bits per heavy atom. The summed E-state index contributed by atoms with van der Waals surface area (Å²) in [6.45, 7) is 5.73. The van der Waals surface area contributed by atoms with Crippen molar-refractivity contribution in [3.05, 3.63) is 12.7 Å². The summed E-state index contributed by atoms with van der Waals surface area (Å²) in [5, 5.41) is 29.6. The number of ether oxygens (including phenoxy) is 1. The van der Waals surface area contributed by atoms with Gasteiger partial charge in [0.1, 0.15) is 24.6 Å². The third kappa shape index (κ3) is 3.91. The Morgan fingerprint density at radius 3 is 2.37 bits per heavy atom. The number of anilines is 1. The molecule has 0 aliphatic carbocycles. The number of rotatable bonds is 9. The molecule has 9 heteroatoms. The van der Waals surface area contributed by atoms with Crippen molar-refractivity contribution in [1.29, 1.82) is 0 Å². The molecule has 0 bridgehead atoms. The normalized spacial score (nSPS) is 25.4. The Labute approximate surface area is 158 Å².